The molecular weight excluding hydrogens is 612 g/mol. The van der Waals surface area contributed by atoms with E-state index in [1.54, 1.807) is 0 Å². The molecule has 3 aromatic heterocycles. The van der Waals surface area contributed by atoms with E-state index < -0.39 is 0 Å². The van der Waals surface area contributed by atoms with Gasteiger partial charge in [0.05, 0.1) is 11.7 Å². The van der Waals surface area contributed by atoms with E-state index in [9.17, 15) is 4.79 Å². The Morgan fingerprint density at radius 3 is 2.43 bits per heavy atom. The van der Waals surface area contributed by atoms with Gasteiger partial charge in [-0.2, -0.15) is 5.10 Å². The third-order valence-electron chi connectivity index (χ3n) is 10.7. The molecule has 0 bridgehead atoms. The highest BCUT2D eigenvalue weighted by molar-refractivity contribution is 5.96. The number of piperazine rings is 1. The summed E-state index contributed by atoms with van der Waals surface area (Å²) in [5, 5.41) is 6.95. The molecule has 9 nitrogen and oxygen atoms in total. The van der Waals surface area contributed by atoms with Crippen LogP contribution in [-0.4, -0.2) is 74.6 Å². The van der Waals surface area contributed by atoms with Crippen LogP contribution in [0.25, 0.3) is 44.2 Å². The molecule has 3 aliphatic rings. The summed E-state index contributed by atoms with van der Waals surface area (Å²) in [5.41, 5.74) is 10.5. The zero-order valence-electron chi connectivity index (χ0n) is 27.8. The number of rotatable bonds is 6. The summed E-state index contributed by atoms with van der Waals surface area (Å²) in [6.07, 6.45) is 6.93. The molecule has 3 aromatic carbocycles. The van der Waals surface area contributed by atoms with E-state index in [2.05, 4.69) is 95.4 Å². The third-order valence-corrected chi connectivity index (χ3v) is 10.7. The summed E-state index contributed by atoms with van der Waals surface area (Å²) < 4.78 is 16.2. The van der Waals surface area contributed by atoms with Gasteiger partial charge in [0.15, 0.2) is 6.23 Å². The number of aryl methyl sites for hydroxylation is 1. The van der Waals surface area contributed by atoms with Crippen LogP contribution in [0, 0.1) is 0 Å². The number of pyridine rings is 1. The van der Waals surface area contributed by atoms with E-state index in [1.807, 2.05) is 22.0 Å². The van der Waals surface area contributed by atoms with E-state index in [4.69, 9.17) is 19.6 Å². The van der Waals surface area contributed by atoms with E-state index in [1.165, 1.54) is 34.4 Å². The van der Waals surface area contributed by atoms with Gasteiger partial charge in [0.2, 0.25) is 0 Å². The maximum Gasteiger partial charge on any atom is 0.409 e. The molecule has 0 N–H and O–H groups in total. The fourth-order valence-electron chi connectivity index (χ4n) is 8.04. The maximum atomic E-state index is 13.2. The number of hydrogen-bond acceptors (Lipinski definition) is 6. The van der Waals surface area contributed by atoms with Gasteiger partial charge < -0.3 is 18.9 Å². The lowest BCUT2D eigenvalue weighted by atomic mass is 9.98. The fourth-order valence-corrected chi connectivity index (χ4v) is 8.04. The number of benzene rings is 3. The van der Waals surface area contributed by atoms with E-state index in [0.717, 1.165) is 72.1 Å². The highest BCUT2D eigenvalue weighted by Gasteiger charge is 2.30. The van der Waals surface area contributed by atoms with E-state index in [-0.39, 0.29) is 18.2 Å². The van der Waals surface area contributed by atoms with Crippen LogP contribution in [0.15, 0.2) is 91.3 Å². The standard InChI is InChI=1S/C40H40N6O3/c1-43-29(23-35-30(15-16-41-39(35)43)27-13-14-37-28(22-27)24-42-46(37)38-12-6-7-21-48-38)25-44-17-19-45(20-18-44)40(47)49-26-36-33-10-4-2-8-31(33)32-9-3-5-11-34(32)36/h2-5,8-11,13-16,22-24,36,38H,6-7,12,17-21,25-26H2,1H3. The molecule has 49 heavy (non-hydrogen) atoms. The van der Waals surface area contributed by atoms with Gasteiger partial charge in [-0.15, -0.1) is 0 Å². The monoisotopic (exact) mass is 652 g/mol. The first-order chi connectivity index (χ1) is 24.1. The van der Waals surface area contributed by atoms with Crippen molar-refractivity contribution in [3.63, 3.8) is 0 Å². The predicted octanol–water partition coefficient (Wildman–Crippen LogP) is 7.36. The van der Waals surface area contributed by atoms with Crippen LogP contribution in [0.5, 0.6) is 0 Å². The van der Waals surface area contributed by atoms with Crippen LogP contribution >= 0.6 is 0 Å². The molecule has 1 unspecified atom stereocenters. The Kier molecular flexibility index (Phi) is 7.66. The Morgan fingerprint density at radius 2 is 1.67 bits per heavy atom. The van der Waals surface area contributed by atoms with Gasteiger partial charge in [-0.25, -0.2) is 14.5 Å². The second-order valence-electron chi connectivity index (χ2n) is 13.5. The average molecular weight is 653 g/mol. The minimum atomic E-state index is -0.228. The molecule has 1 aliphatic carbocycles. The zero-order valence-corrected chi connectivity index (χ0v) is 27.8. The van der Waals surface area contributed by atoms with E-state index in [0.29, 0.717) is 19.7 Å². The van der Waals surface area contributed by atoms with Crippen molar-refractivity contribution in [2.45, 2.75) is 38.0 Å². The van der Waals surface area contributed by atoms with Crippen LogP contribution in [0.2, 0.25) is 0 Å². The number of fused-ring (bicyclic) bond motifs is 5. The summed E-state index contributed by atoms with van der Waals surface area (Å²) in [7, 11) is 2.10. The van der Waals surface area contributed by atoms with E-state index >= 15 is 0 Å². The summed E-state index contributed by atoms with van der Waals surface area (Å²) in [6, 6.07) is 27.9. The lowest BCUT2D eigenvalue weighted by Gasteiger charge is -2.34. The van der Waals surface area contributed by atoms with Crippen molar-refractivity contribution >= 4 is 28.0 Å². The van der Waals surface area contributed by atoms with Crippen LogP contribution in [0.1, 0.15) is 48.2 Å². The van der Waals surface area contributed by atoms with Crippen molar-refractivity contribution in [3.8, 4) is 22.3 Å². The third kappa shape index (κ3) is 5.37. The first kappa shape index (κ1) is 30.1. The van der Waals surface area contributed by atoms with Gasteiger partial charge in [0.1, 0.15) is 12.3 Å². The Hall–Kier alpha value is -4.99. The molecule has 2 saturated heterocycles. The minimum absolute atomic E-state index is 0.0159. The second-order valence-corrected chi connectivity index (χ2v) is 13.5. The Labute approximate surface area is 285 Å². The van der Waals surface area contributed by atoms with Crippen molar-refractivity contribution in [3.05, 3.63) is 108 Å². The van der Waals surface area contributed by atoms with Crippen molar-refractivity contribution in [2.75, 3.05) is 39.4 Å². The molecule has 1 amide bonds. The molecule has 2 fully saturated rings. The molecule has 248 valence electrons. The minimum Gasteiger partial charge on any atom is -0.448 e. The lowest BCUT2D eigenvalue weighted by Crippen LogP contribution is -2.48. The van der Waals surface area contributed by atoms with Gasteiger partial charge in [-0.05, 0) is 76.9 Å². The molecule has 5 heterocycles. The number of nitrogens with zero attached hydrogens (tertiary/aromatic N) is 6. The topological polar surface area (TPSA) is 77.7 Å². The molecule has 9 heteroatoms. The molecule has 0 spiro atoms. The lowest BCUT2D eigenvalue weighted by molar-refractivity contribution is -0.0366. The van der Waals surface area contributed by atoms with Crippen molar-refractivity contribution < 1.29 is 14.3 Å². The number of ether oxygens (including phenoxy) is 2. The van der Waals surface area contributed by atoms with Gasteiger partial charge in [-0.3, -0.25) is 4.90 Å². The largest absolute Gasteiger partial charge is 0.448 e. The molecule has 0 radical (unpaired) electrons. The summed E-state index contributed by atoms with van der Waals surface area (Å²) in [5.74, 6) is 0.0680. The van der Waals surface area contributed by atoms with Gasteiger partial charge in [0.25, 0.3) is 0 Å². The number of hydrogen-bond donors (Lipinski definition) is 0. The Bertz CT molecular complexity index is 2130. The zero-order chi connectivity index (χ0) is 32.9. The molecule has 1 atom stereocenters. The number of aromatic nitrogens is 4. The van der Waals surface area contributed by atoms with Gasteiger partial charge >= 0.3 is 6.09 Å². The molecule has 0 saturated carbocycles. The maximum absolute atomic E-state index is 13.2. The summed E-state index contributed by atoms with van der Waals surface area (Å²) in [6.45, 7) is 4.80. The SMILES string of the molecule is Cn1c(CN2CCN(C(=O)OCC3c4ccccc4-c4ccccc43)CC2)cc2c(-c3ccc4c(cnn4C4CCCCO4)c3)ccnc21. The normalized spacial score (nSPS) is 18.2. The smallest absolute Gasteiger partial charge is 0.409 e. The van der Waals surface area contributed by atoms with Crippen LogP contribution in [0.4, 0.5) is 4.79 Å². The van der Waals surface area contributed by atoms with Crippen LogP contribution < -0.4 is 0 Å². The summed E-state index contributed by atoms with van der Waals surface area (Å²) >= 11 is 0. The van der Waals surface area contributed by atoms with Gasteiger partial charge in [0, 0.05) is 75.0 Å². The Balaban J connectivity index is 0.861. The number of carbonyl (C=O) groups is 1. The van der Waals surface area contributed by atoms with Crippen LogP contribution in [-0.2, 0) is 23.1 Å². The Morgan fingerprint density at radius 1 is 0.898 bits per heavy atom. The number of amides is 1. The highest BCUT2D eigenvalue weighted by Crippen LogP contribution is 2.44. The van der Waals surface area contributed by atoms with Crippen molar-refractivity contribution in [1.82, 2.24) is 29.1 Å². The molecule has 2 aliphatic heterocycles. The second kappa shape index (κ2) is 12.5. The van der Waals surface area contributed by atoms with Crippen LogP contribution in [0.3, 0.4) is 0 Å². The molecule has 9 rings (SSSR count). The quantitative estimate of drug-likeness (QED) is 0.187. The predicted molar refractivity (Wildman–Crippen MR) is 190 cm³/mol. The first-order valence-corrected chi connectivity index (χ1v) is 17.5. The van der Waals surface area contributed by atoms with Crippen molar-refractivity contribution in [1.29, 1.82) is 0 Å². The summed E-state index contributed by atoms with van der Waals surface area (Å²) in [4.78, 5) is 22.2. The number of carbonyl (C=O) groups excluding carboxylic acids is 1. The first-order valence-electron chi connectivity index (χ1n) is 17.5. The van der Waals surface area contributed by atoms with Crippen molar-refractivity contribution in [2.24, 2.45) is 7.05 Å². The highest BCUT2D eigenvalue weighted by atomic mass is 16.6. The average Bonchev–Trinajstić information content (AvgIpc) is 3.82. The fraction of sp³-hybridized carbons (Fsp3) is 0.325. The van der Waals surface area contributed by atoms with Gasteiger partial charge in [-0.1, -0.05) is 54.6 Å². The molecular formula is C40H40N6O3. The molecule has 6 aromatic rings.